The minimum Gasteiger partial charge on any atom is -0.378 e. The molecule has 0 bridgehead atoms. The lowest BCUT2D eigenvalue weighted by Crippen LogP contribution is -2.44. The number of thioether (sulfide) groups is 1. The van der Waals surface area contributed by atoms with Crippen LogP contribution in [0, 0.1) is 6.92 Å². The van der Waals surface area contributed by atoms with Crippen LogP contribution in [0.5, 0.6) is 0 Å². The van der Waals surface area contributed by atoms with Gasteiger partial charge in [0.1, 0.15) is 5.82 Å². The molecule has 0 radical (unpaired) electrons. The van der Waals surface area contributed by atoms with Gasteiger partial charge in [0.2, 0.25) is 5.91 Å². The summed E-state index contributed by atoms with van der Waals surface area (Å²) in [5.74, 6) is 0.511. The zero-order chi connectivity index (χ0) is 20.4. The van der Waals surface area contributed by atoms with E-state index in [2.05, 4.69) is 4.98 Å². The molecular weight excluding hydrogens is 388 g/mol. The summed E-state index contributed by atoms with van der Waals surface area (Å²) in [6, 6.07) is 10.9. The van der Waals surface area contributed by atoms with E-state index in [0.717, 1.165) is 5.56 Å². The van der Waals surface area contributed by atoms with Gasteiger partial charge in [0.25, 0.3) is 5.56 Å². The van der Waals surface area contributed by atoms with Gasteiger partial charge in [-0.05, 0) is 37.6 Å². The van der Waals surface area contributed by atoms with Crippen LogP contribution in [0.1, 0.15) is 12.5 Å². The number of ether oxygens (including phenoxy) is 1. The van der Waals surface area contributed by atoms with Crippen LogP contribution in [0.25, 0.3) is 16.7 Å². The van der Waals surface area contributed by atoms with E-state index >= 15 is 0 Å². The van der Waals surface area contributed by atoms with E-state index in [1.54, 1.807) is 23.2 Å². The minimum absolute atomic E-state index is 0.0177. The Labute approximate surface area is 172 Å². The van der Waals surface area contributed by atoms with E-state index in [1.807, 2.05) is 38.1 Å². The van der Waals surface area contributed by atoms with Crippen LogP contribution in [0.4, 0.5) is 0 Å². The third kappa shape index (κ3) is 4.04. The zero-order valence-corrected chi connectivity index (χ0v) is 17.2. The molecule has 1 unspecified atom stereocenters. The minimum atomic E-state index is -0.391. The lowest BCUT2D eigenvalue weighted by molar-refractivity contribution is -0.134. The number of carbonyl (C=O) groups is 1. The van der Waals surface area contributed by atoms with E-state index in [4.69, 9.17) is 9.72 Å². The Morgan fingerprint density at radius 3 is 2.66 bits per heavy atom. The summed E-state index contributed by atoms with van der Waals surface area (Å²) in [6.45, 7) is 6.06. The van der Waals surface area contributed by atoms with Crippen molar-refractivity contribution in [2.24, 2.45) is 0 Å². The number of pyridine rings is 1. The summed E-state index contributed by atoms with van der Waals surface area (Å²) in [5, 5.41) is 0.586. The maximum atomic E-state index is 13.2. The topological polar surface area (TPSA) is 77.3 Å². The maximum absolute atomic E-state index is 13.2. The smallest absolute Gasteiger partial charge is 0.267 e. The lowest BCUT2D eigenvalue weighted by Gasteiger charge is -2.29. The predicted molar refractivity (Wildman–Crippen MR) is 113 cm³/mol. The molecule has 3 heterocycles. The molecule has 1 fully saturated rings. The first-order valence-corrected chi connectivity index (χ1v) is 10.4. The molecule has 0 saturated carbocycles. The molecule has 2 aromatic heterocycles. The van der Waals surface area contributed by atoms with Crippen molar-refractivity contribution in [3.63, 3.8) is 0 Å². The maximum Gasteiger partial charge on any atom is 0.267 e. The third-order valence-electron chi connectivity index (χ3n) is 4.82. The summed E-state index contributed by atoms with van der Waals surface area (Å²) < 4.78 is 6.83. The molecule has 0 N–H and O–H groups in total. The number of para-hydroxylation sites is 1. The van der Waals surface area contributed by atoms with Crippen LogP contribution in [-0.4, -0.2) is 56.9 Å². The molecule has 1 aliphatic heterocycles. The Bertz CT molecular complexity index is 1090. The third-order valence-corrected chi connectivity index (χ3v) is 5.86. The first kappa shape index (κ1) is 19.6. The van der Waals surface area contributed by atoms with Crippen molar-refractivity contribution >= 4 is 28.6 Å². The van der Waals surface area contributed by atoms with Gasteiger partial charge in [-0.1, -0.05) is 30.0 Å². The molecule has 1 aliphatic rings. The number of benzene rings is 1. The number of nitrogens with zero attached hydrogens (tertiary/aromatic N) is 4. The van der Waals surface area contributed by atoms with Crippen LogP contribution < -0.4 is 5.56 Å². The van der Waals surface area contributed by atoms with Crippen molar-refractivity contribution in [3.8, 4) is 5.82 Å². The van der Waals surface area contributed by atoms with E-state index in [0.29, 0.717) is 48.2 Å². The summed E-state index contributed by atoms with van der Waals surface area (Å²) in [6.07, 6.45) is 1.72. The molecule has 7 nitrogen and oxygen atoms in total. The fourth-order valence-corrected chi connectivity index (χ4v) is 4.23. The SMILES string of the molecule is Cc1ccc(-n2c(SC(C)C(=O)N3CCOCC3)nc3ccccc3c2=O)nc1. The Morgan fingerprint density at radius 1 is 1.17 bits per heavy atom. The number of fused-ring (bicyclic) bond motifs is 1. The van der Waals surface area contributed by atoms with Crippen molar-refractivity contribution < 1.29 is 9.53 Å². The number of carbonyl (C=O) groups excluding carboxylic acids is 1. The van der Waals surface area contributed by atoms with Crippen LogP contribution >= 0.6 is 11.8 Å². The first-order chi connectivity index (χ1) is 14.0. The van der Waals surface area contributed by atoms with Gasteiger partial charge in [0, 0.05) is 19.3 Å². The van der Waals surface area contributed by atoms with Gasteiger partial charge in [-0.25, -0.2) is 14.5 Å². The van der Waals surface area contributed by atoms with Crippen LogP contribution in [-0.2, 0) is 9.53 Å². The second-order valence-corrected chi connectivity index (χ2v) is 8.25. The summed E-state index contributed by atoms with van der Waals surface area (Å²) in [7, 11) is 0. The number of aryl methyl sites for hydroxylation is 1. The summed E-state index contributed by atoms with van der Waals surface area (Å²) in [4.78, 5) is 37.0. The highest BCUT2D eigenvalue weighted by molar-refractivity contribution is 8.00. The van der Waals surface area contributed by atoms with Crippen LogP contribution in [0.2, 0.25) is 0 Å². The lowest BCUT2D eigenvalue weighted by atomic mass is 10.2. The summed E-state index contributed by atoms with van der Waals surface area (Å²) in [5.41, 5.74) is 1.41. The Kier molecular flexibility index (Phi) is 5.64. The number of rotatable bonds is 4. The molecule has 1 atom stereocenters. The molecule has 1 aromatic carbocycles. The van der Waals surface area contributed by atoms with Gasteiger partial charge in [-0.3, -0.25) is 9.59 Å². The molecule has 150 valence electrons. The summed E-state index contributed by atoms with van der Waals surface area (Å²) >= 11 is 1.28. The molecule has 1 saturated heterocycles. The number of morpholine rings is 1. The molecule has 8 heteroatoms. The van der Waals surface area contributed by atoms with Crippen molar-refractivity contribution in [1.82, 2.24) is 19.4 Å². The van der Waals surface area contributed by atoms with Gasteiger partial charge in [-0.2, -0.15) is 0 Å². The fraction of sp³-hybridized carbons (Fsp3) is 0.333. The largest absolute Gasteiger partial charge is 0.378 e. The average Bonchev–Trinajstić information content (AvgIpc) is 2.75. The van der Waals surface area contributed by atoms with E-state index in [9.17, 15) is 9.59 Å². The quantitative estimate of drug-likeness (QED) is 0.486. The first-order valence-electron chi connectivity index (χ1n) is 9.52. The number of amides is 1. The van der Waals surface area contributed by atoms with Crippen molar-refractivity contribution in [3.05, 3.63) is 58.5 Å². The van der Waals surface area contributed by atoms with E-state index in [-0.39, 0.29) is 11.5 Å². The van der Waals surface area contributed by atoms with Crippen LogP contribution in [0.3, 0.4) is 0 Å². The Balaban J connectivity index is 1.75. The highest BCUT2D eigenvalue weighted by Gasteiger charge is 2.25. The van der Waals surface area contributed by atoms with Crippen LogP contribution in [0.15, 0.2) is 52.5 Å². The monoisotopic (exact) mass is 410 g/mol. The number of aromatic nitrogens is 3. The fourth-order valence-electron chi connectivity index (χ4n) is 3.24. The predicted octanol–water partition coefficient (Wildman–Crippen LogP) is 2.43. The highest BCUT2D eigenvalue weighted by atomic mass is 32.2. The molecular formula is C21H22N4O3S. The average molecular weight is 410 g/mol. The van der Waals surface area contributed by atoms with E-state index < -0.39 is 5.25 Å². The normalized spacial score (nSPS) is 15.4. The molecule has 0 spiro atoms. The van der Waals surface area contributed by atoms with Gasteiger partial charge >= 0.3 is 0 Å². The van der Waals surface area contributed by atoms with Crippen molar-refractivity contribution in [1.29, 1.82) is 0 Å². The van der Waals surface area contributed by atoms with E-state index in [1.165, 1.54) is 16.3 Å². The molecule has 3 aromatic rings. The van der Waals surface area contributed by atoms with Gasteiger partial charge < -0.3 is 9.64 Å². The van der Waals surface area contributed by atoms with Gasteiger partial charge in [0.15, 0.2) is 5.16 Å². The highest BCUT2D eigenvalue weighted by Crippen LogP contribution is 2.26. The molecule has 1 amide bonds. The second-order valence-electron chi connectivity index (χ2n) is 6.94. The van der Waals surface area contributed by atoms with Gasteiger partial charge in [-0.15, -0.1) is 0 Å². The zero-order valence-electron chi connectivity index (χ0n) is 16.4. The Hall–Kier alpha value is -2.71. The number of hydrogen-bond acceptors (Lipinski definition) is 6. The van der Waals surface area contributed by atoms with Gasteiger partial charge in [0.05, 0.1) is 29.4 Å². The Morgan fingerprint density at radius 2 is 1.93 bits per heavy atom. The number of hydrogen-bond donors (Lipinski definition) is 0. The molecule has 0 aliphatic carbocycles. The molecule has 29 heavy (non-hydrogen) atoms. The molecule has 4 rings (SSSR count). The second kappa shape index (κ2) is 8.34. The van der Waals surface area contributed by atoms with Crippen molar-refractivity contribution in [2.45, 2.75) is 24.3 Å². The van der Waals surface area contributed by atoms with Crippen molar-refractivity contribution in [2.75, 3.05) is 26.3 Å². The standard InChI is InChI=1S/C21H22N4O3S/c1-14-7-8-18(22-13-14)25-20(27)16-5-3-4-6-17(16)23-21(25)29-15(2)19(26)24-9-11-28-12-10-24/h3-8,13,15H,9-12H2,1-2H3.